The molecule has 3 aromatic rings. The first-order valence-corrected chi connectivity index (χ1v) is 11.7. The summed E-state index contributed by atoms with van der Waals surface area (Å²) >= 11 is 1.15. The average molecular weight is 482 g/mol. The molecule has 1 aliphatic rings. The number of nitrogens with one attached hydrogen (secondary N) is 2. The van der Waals surface area contributed by atoms with Crippen LogP contribution in [-0.4, -0.2) is 57.6 Å². The number of hydrogen-bond acceptors (Lipinski definition) is 9. The fourth-order valence-electron chi connectivity index (χ4n) is 3.64. The maximum Gasteiger partial charge on any atom is 0.261 e. The minimum absolute atomic E-state index is 0.00774. The predicted octanol–water partition coefficient (Wildman–Crippen LogP) is 3.92. The molecule has 9 nitrogen and oxygen atoms in total. The summed E-state index contributed by atoms with van der Waals surface area (Å²) in [5.41, 5.74) is 1.41. The van der Waals surface area contributed by atoms with E-state index in [-0.39, 0.29) is 18.7 Å². The van der Waals surface area contributed by atoms with Crippen LogP contribution in [0.2, 0.25) is 0 Å². The molecule has 4 heterocycles. The Balaban J connectivity index is 1.40. The molecule has 0 atom stereocenters. The van der Waals surface area contributed by atoms with Gasteiger partial charge >= 0.3 is 0 Å². The fourth-order valence-corrected chi connectivity index (χ4v) is 4.44. The highest BCUT2D eigenvalue weighted by Gasteiger charge is 2.22. The summed E-state index contributed by atoms with van der Waals surface area (Å²) in [4.78, 5) is 23.7. The lowest BCUT2D eigenvalue weighted by Crippen LogP contribution is -2.39. The minimum atomic E-state index is -0.355. The van der Waals surface area contributed by atoms with Crippen molar-refractivity contribution in [1.29, 1.82) is 5.26 Å². The second-order valence-corrected chi connectivity index (χ2v) is 8.58. The van der Waals surface area contributed by atoms with Crippen LogP contribution in [0.25, 0.3) is 0 Å². The lowest BCUT2D eigenvalue weighted by Gasteiger charge is -2.31. The molecule has 176 valence electrons. The van der Waals surface area contributed by atoms with Crippen molar-refractivity contribution in [2.45, 2.75) is 25.9 Å². The number of nitriles is 1. The van der Waals surface area contributed by atoms with Gasteiger partial charge in [-0.2, -0.15) is 14.6 Å². The Hall–Kier alpha value is -3.62. The van der Waals surface area contributed by atoms with Gasteiger partial charge < -0.3 is 20.3 Å². The molecule has 0 saturated carbocycles. The molecular weight excluding hydrogens is 457 g/mol. The van der Waals surface area contributed by atoms with E-state index in [0.717, 1.165) is 37.5 Å². The molecule has 4 rings (SSSR count). The standard InChI is InChI=1S/C23H24FN7O2S/c1-15-21(23(34-30-15)29-18-6-5-16(13-25)14-26-18)22(32)28-19-3-2-4-20(27-19)33-17-7-10-31(11-8-17)12-9-24/h2-6,14,17H,7-12H2,1H3,(H,26,29)(H,27,28,32). The Labute approximate surface area is 200 Å². The third-order valence-electron chi connectivity index (χ3n) is 5.41. The van der Waals surface area contributed by atoms with Crippen LogP contribution in [0.3, 0.4) is 0 Å². The number of aromatic nitrogens is 3. The normalized spacial score (nSPS) is 14.4. The fraction of sp³-hybridized carbons (Fsp3) is 0.348. The maximum atomic E-state index is 13.0. The third-order valence-corrected chi connectivity index (χ3v) is 6.27. The molecule has 34 heavy (non-hydrogen) atoms. The highest BCUT2D eigenvalue weighted by molar-refractivity contribution is 7.10. The number of carbonyl (C=O) groups is 1. The van der Waals surface area contributed by atoms with Gasteiger partial charge in [-0.05, 0) is 49.5 Å². The number of aryl methyl sites for hydroxylation is 1. The number of carbonyl (C=O) groups excluding carboxylic acids is 1. The van der Waals surface area contributed by atoms with E-state index in [1.165, 1.54) is 6.20 Å². The number of hydrogen-bond donors (Lipinski definition) is 2. The van der Waals surface area contributed by atoms with Gasteiger partial charge in [0, 0.05) is 31.9 Å². The topological polar surface area (TPSA) is 116 Å². The number of amides is 1. The molecule has 0 aromatic carbocycles. The summed E-state index contributed by atoms with van der Waals surface area (Å²) in [6, 6.07) is 10.5. The van der Waals surface area contributed by atoms with Crippen LogP contribution in [0.4, 0.5) is 21.0 Å². The summed E-state index contributed by atoms with van der Waals surface area (Å²) in [7, 11) is 0. The quantitative estimate of drug-likeness (QED) is 0.497. The van der Waals surface area contributed by atoms with Crippen molar-refractivity contribution in [1.82, 2.24) is 19.2 Å². The number of nitrogens with zero attached hydrogens (tertiary/aromatic N) is 5. The summed E-state index contributed by atoms with van der Waals surface area (Å²) in [6.45, 7) is 3.46. The van der Waals surface area contributed by atoms with Gasteiger partial charge in [0.15, 0.2) is 0 Å². The number of pyridine rings is 2. The SMILES string of the molecule is Cc1nsc(Nc2ccc(C#N)cn2)c1C(=O)Nc1cccc(OC2CCN(CCF)CC2)n1. The molecule has 1 saturated heterocycles. The zero-order valence-corrected chi connectivity index (χ0v) is 19.4. The Morgan fingerprint density at radius 2 is 2.12 bits per heavy atom. The second-order valence-electron chi connectivity index (χ2n) is 7.80. The predicted molar refractivity (Wildman–Crippen MR) is 127 cm³/mol. The highest BCUT2D eigenvalue weighted by atomic mass is 32.1. The summed E-state index contributed by atoms with van der Waals surface area (Å²) < 4.78 is 22.8. The number of alkyl halides is 1. The number of halogens is 1. The Bertz CT molecular complexity index is 1170. The van der Waals surface area contributed by atoms with E-state index in [1.807, 2.05) is 6.07 Å². The van der Waals surface area contributed by atoms with Crippen LogP contribution >= 0.6 is 11.5 Å². The van der Waals surface area contributed by atoms with E-state index in [1.54, 1.807) is 37.3 Å². The van der Waals surface area contributed by atoms with Crippen molar-refractivity contribution in [3.8, 4) is 11.9 Å². The van der Waals surface area contributed by atoms with Crippen molar-refractivity contribution in [3.63, 3.8) is 0 Å². The second kappa shape index (κ2) is 11.0. The Morgan fingerprint density at radius 3 is 2.82 bits per heavy atom. The average Bonchev–Trinajstić information content (AvgIpc) is 3.21. The van der Waals surface area contributed by atoms with E-state index in [9.17, 15) is 9.18 Å². The Kier molecular flexibility index (Phi) is 7.61. The number of rotatable bonds is 8. The van der Waals surface area contributed by atoms with Gasteiger partial charge in [-0.25, -0.2) is 9.37 Å². The zero-order chi connectivity index (χ0) is 23.9. The van der Waals surface area contributed by atoms with E-state index in [2.05, 4.69) is 29.9 Å². The lowest BCUT2D eigenvalue weighted by atomic mass is 10.1. The van der Waals surface area contributed by atoms with Gasteiger partial charge in [0.05, 0.1) is 16.8 Å². The van der Waals surface area contributed by atoms with Crippen LogP contribution in [0.15, 0.2) is 36.5 Å². The molecule has 0 radical (unpaired) electrons. The van der Waals surface area contributed by atoms with Crippen molar-refractivity contribution in [2.75, 3.05) is 36.9 Å². The molecule has 3 aromatic heterocycles. The zero-order valence-electron chi connectivity index (χ0n) is 18.6. The Morgan fingerprint density at radius 1 is 1.29 bits per heavy atom. The van der Waals surface area contributed by atoms with Crippen molar-refractivity contribution >= 4 is 34.1 Å². The third kappa shape index (κ3) is 5.84. The maximum absolute atomic E-state index is 13.0. The molecule has 1 amide bonds. The van der Waals surface area contributed by atoms with Gasteiger partial charge in [-0.15, -0.1) is 0 Å². The van der Waals surface area contributed by atoms with Crippen LogP contribution in [-0.2, 0) is 0 Å². The number of anilines is 3. The van der Waals surface area contributed by atoms with Crippen molar-refractivity contribution in [3.05, 3.63) is 53.3 Å². The van der Waals surface area contributed by atoms with Gasteiger partial charge in [0.1, 0.15) is 35.5 Å². The smallest absolute Gasteiger partial charge is 0.261 e. The largest absolute Gasteiger partial charge is 0.474 e. The lowest BCUT2D eigenvalue weighted by molar-refractivity contribution is 0.0934. The highest BCUT2D eigenvalue weighted by Crippen LogP contribution is 2.28. The number of ether oxygens (including phenoxy) is 1. The van der Waals surface area contributed by atoms with Crippen LogP contribution in [0.1, 0.15) is 34.5 Å². The molecule has 0 aliphatic carbocycles. The monoisotopic (exact) mass is 481 g/mol. The molecule has 0 bridgehead atoms. The first-order chi connectivity index (χ1) is 16.6. The van der Waals surface area contributed by atoms with E-state index >= 15 is 0 Å². The molecule has 1 fully saturated rings. The van der Waals surface area contributed by atoms with E-state index in [4.69, 9.17) is 10.00 Å². The van der Waals surface area contributed by atoms with Crippen molar-refractivity contribution in [2.24, 2.45) is 0 Å². The summed E-state index contributed by atoms with van der Waals surface area (Å²) in [6.07, 6.45) is 3.07. The molecule has 0 unspecified atom stereocenters. The first kappa shape index (κ1) is 23.5. The molecule has 0 spiro atoms. The number of piperidine rings is 1. The van der Waals surface area contributed by atoms with E-state index in [0.29, 0.717) is 45.9 Å². The first-order valence-electron chi connectivity index (χ1n) is 10.9. The molecule has 11 heteroatoms. The van der Waals surface area contributed by atoms with Gasteiger partial charge in [0.2, 0.25) is 5.88 Å². The van der Waals surface area contributed by atoms with Gasteiger partial charge in [-0.1, -0.05) is 6.07 Å². The van der Waals surface area contributed by atoms with Gasteiger partial charge in [-0.3, -0.25) is 4.79 Å². The summed E-state index contributed by atoms with van der Waals surface area (Å²) in [5, 5.41) is 15.4. The molecule has 1 aliphatic heterocycles. The summed E-state index contributed by atoms with van der Waals surface area (Å²) in [5.74, 6) is 0.946. The van der Waals surface area contributed by atoms with Crippen molar-refractivity contribution < 1.29 is 13.9 Å². The van der Waals surface area contributed by atoms with Crippen LogP contribution in [0.5, 0.6) is 5.88 Å². The van der Waals surface area contributed by atoms with Gasteiger partial charge in [0.25, 0.3) is 5.91 Å². The molecular formula is C23H24FN7O2S. The van der Waals surface area contributed by atoms with Crippen LogP contribution in [0, 0.1) is 18.3 Å². The minimum Gasteiger partial charge on any atom is -0.474 e. The van der Waals surface area contributed by atoms with Crippen LogP contribution < -0.4 is 15.4 Å². The number of likely N-dealkylation sites (tertiary alicyclic amines) is 1. The molecule has 2 N–H and O–H groups in total. The van der Waals surface area contributed by atoms with E-state index < -0.39 is 0 Å².